The number of thioether (sulfide) groups is 1. The van der Waals surface area contributed by atoms with Crippen LogP contribution < -0.4 is 5.32 Å². The summed E-state index contributed by atoms with van der Waals surface area (Å²) in [6, 6.07) is 11.8. The molecule has 1 aliphatic rings. The van der Waals surface area contributed by atoms with Gasteiger partial charge >= 0.3 is 0 Å². The van der Waals surface area contributed by atoms with Gasteiger partial charge in [0, 0.05) is 42.3 Å². The molecule has 0 aromatic heterocycles. The van der Waals surface area contributed by atoms with E-state index in [1.54, 1.807) is 17.8 Å². The molecule has 9 heteroatoms. The average molecular weight is 440 g/mol. The molecule has 1 N–H and O–H groups in total. The van der Waals surface area contributed by atoms with Gasteiger partial charge in [0.2, 0.25) is 10.0 Å². The van der Waals surface area contributed by atoms with Crippen molar-refractivity contribution in [2.75, 3.05) is 44.8 Å². The highest BCUT2D eigenvalue weighted by Gasteiger charge is 2.30. The van der Waals surface area contributed by atoms with E-state index in [0.717, 1.165) is 4.90 Å². The van der Waals surface area contributed by atoms with E-state index in [9.17, 15) is 13.2 Å². The van der Waals surface area contributed by atoms with Gasteiger partial charge in [0.25, 0.3) is 5.91 Å². The summed E-state index contributed by atoms with van der Waals surface area (Å²) in [6.45, 7) is 2.10. The molecular formula is C19H22ClN3O3S2. The number of likely N-dealkylation sites (N-methyl/N-ethyl adjacent to an activating group) is 1. The van der Waals surface area contributed by atoms with Crippen LogP contribution in [0.3, 0.4) is 0 Å². The third kappa shape index (κ3) is 4.69. The van der Waals surface area contributed by atoms with E-state index in [2.05, 4.69) is 10.2 Å². The highest BCUT2D eigenvalue weighted by atomic mass is 35.5. The molecule has 6 nitrogen and oxygen atoms in total. The maximum absolute atomic E-state index is 13.0. The zero-order valence-corrected chi connectivity index (χ0v) is 18.1. The number of piperazine rings is 1. The number of halogens is 1. The lowest BCUT2D eigenvalue weighted by molar-refractivity contribution is 0.102. The number of hydrogen-bond acceptors (Lipinski definition) is 5. The average Bonchev–Trinajstić information content (AvgIpc) is 2.68. The second kappa shape index (κ2) is 8.84. The molecule has 150 valence electrons. The number of carbonyl (C=O) groups excluding carboxylic acids is 1. The summed E-state index contributed by atoms with van der Waals surface area (Å²) in [5.74, 6) is -0.384. The predicted molar refractivity (Wildman–Crippen MR) is 114 cm³/mol. The first-order chi connectivity index (χ1) is 13.3. The van der Waals surface area contributed by atoms with Gasteiger partial charge in [0.15, 0.2) is 0 Å². The number of benzene rings is 2. The van der Waals surface area contributed by atoms with E-state index in [1.165, 1.54) is 22.5 Å². The first kappa shape index (κ1) is 21.1. The summed E-state index contributed by atoms with van der Waals surface area (Å²) >= 11 is 7.75. The van der Waals surface area contributed by atoms with E-state index < -0.39 is 10.0 Å². The minimum absolute atomic E-state index is 0.0377. The maximum Gasteiger partial charge on any atom is 0.255 e. The quantitative estimate of drug-likeness (QED) is 0.724. The van der Waals surface area contributed by atoms with Crippen molar-refractivity contribution in [3.63, 3.8) is 0 Å². The van der Waals surface area contributed by atoms with Crippen LogP contribution >= 0.6 is 23.4 Å². The van der Waals surface area contributed by atoms with Crippen LogP contribution in [0.25, 0.3) is 0 Å². The fourth-order valence-electron chi connectivity index (χ4n) is 2.91. The van der Waals surface area contributed by atoms with Crippen molar-refractivity contribution < 1.29 is 13.2 Å². The lowest BCUT2D eigenvalue weighted by Crippen LogP contribution is -2.47. The first-order valence-electron chi connectivity index (χ1n) is 8.75. The van der Waals surface area contributed by atoms with Crippen LogP contribution in [-0.4, -0.2) is 63.0 Å². The minimum atomic E-state index is -3.76. The molecular weight excluding hydrogens is 418 g/mol. The summed E-state index contributed by atoms with van der Waals surface area (Å²) in [6.07, 6.45) is 1.95. The number of hydrogen-bond donors (Lipinski definition) is 1. The summed E-state index contributed by atoms with van der Waals surface area (Å²) in [5.41, 5.74) is 0.891. The van der Waals surface area contributed by atoms with Gasteiger partial charge in [-0.3, -0.25) is 4.79 Å². The Balaban J connectivity index is 1.85. The molecule has 0 bridgehead atoms. The molecule has 0 saturated carbocycles. The van der Waals surface area contributed by atoms with Gasteiger partial charge in [-0.15, -0.1) is 11.8 Å². The fraction of sp³-hybridized carbons (Fsp3) is 0.316. The number of rotatable bonds is 5. The molecule has 0 unspecified atom stereocenters. The third-order valence-electron chi connectivity index (χ3n) is 4.60. The van der Waals surface area contributed by atoms with Gasteiger partial charge in [-0.2, -0.15) is 4.31 Å². The Morgan fingerprint density at radius 1 is 1.11 bits per heavy atom. The van der Waals surface area contributed by atoms with Crippen LogP contribution in [0, 0.1) is 0 Å². The van der Waals surface area contributed by atoms with Crippen LogP contribution in [0.2, 0.25) is 5.02 Å². The Kier molecular flexibility index (Phi) is 6.67. The third-order valence-corrected chi connectivity index (χ3v) is 7.71. The van der Waals surface area contributed by atoms with Crippen LogP contribution in [0.4, 0.5) is 5.69 Å². The van der Waals surface area contributed by atoms with Gasteiger partial charge in [-0.05, 0) is 49.7 Å². The lowest BCUT2D eigenvalue weighted by Gasteiger charge is -2.31. The first-order valence-corrected chi connectivity index (χ1v) is 11.8. The molecule has 0 radical (unpaired) electrons. The normalized spacial score (nSPS) is 16.1. The van der Waals surface area contributed by atoms with Crippen molar-refractivity contribution in [1.82, 2.24) is 9.21 Å². The highest BCUT2D eigenvalue weighted by Crippen LogP contribution is 2.27. The Morgan fingerprint density at radius 2 is 1.82 bits per heavy atom. The molecule has 0 atom stereocenters. The molecule has 2 aromatic rings. The molecule has 3 rings (SSSR count). The van der Waals surface area contributed by atoms with E-state index in [-0.39, 0.29) is 21.4 Å². The lowest BCUT2D eigenvalue weighted by atomic mass is 10.2. The molecule has 1 aliphatic heterocycles. The van der Waals surface area contributed by atoms with E-state index in [4.69, 9.17) is 11.6 Å². The zero-order chi connectivity index (χ0) is 20.3. The van der Waals surface area contributed by atoms with Crippen molar-refractivity contribution in [2.24, 2.45) is 0 Å². The van der Waals surface area contributed by atoms with Crippen LogP contribution in [0.5, 0.6) is 0 Å². The molecule has 0 aliphatic carbocycles. The van der Waals surface area contributed by atoms with Gasteiger partial charge < -0.3 is 10.2 Å². The second-order valence-electron chi connectivity index (χ2n) is 6.54. The number of carbonyl (C=O) groups is 1. The number of amides is 1. The number of anilines is 1. The van der Waals surface area contributed by atoms with Crippen molar-refractivity contribution in [2.45, 2.75) is 9.79 Å². The predicted octanol–water partition coefficient (Wildman–Crippen LogP) is 3.25. The topological polar surface area (TPSA) is 69.7 Å². The van der Waals surface area contributed by atoms with Gasteiger partial charge in [-0.25, -0.2) is 8.42 Å². The second-order valence-corrected chi connectivity index (χ2v) is 9.73. The SMILES string of the molecule is CSc1cccc(NC(=O)c2ccc(Cl)c(S(=O)(=O)N3CCN(C)CC3)c2)c1. The Bertz CT molecular complexity index is 974. The largest absolute Gasteiger partial charge is 0.322 e. The van der Waals surface area contributed by atoms with Gasteiger partial charge in [-0.1, -0.05) is 17.7 Å². The standard InChI is InChI=1S/C19H22ClN3O3S2/c1-22-8-10-23(11-9-22)28(25,26)18-12-14(6-7-17(18)20)19(24)21-15-4-3-5-16(13-15)27-2/h3-7,12-13H,8-11H2,1-2H3,(H,21,24). The number of sulfonamides is 1. The number of nitrogens with one attached hydrogen (secondary N) is 1. The smallest absolute Gasteiger partial charge is 0.255 e. The summed E-state index contributed by atoms with van der Waals surface area (Å²) < 4.78 is 27.5. The molecule has 28 heavy (non-hydrogen) atoms. The molecule has 1 amide bonds. The molecule has 1 saturated heterocycles. The van der Waals surface area contributed by atoms with Gasteiger partial charge in [0.1, 0.15) is 4.90 Å². The van der Waals surface area contributed by atoms with Crippen molar-refractivity contribution in [1.29, 1.82) is 0 Å². The van der Waals surface area contributed by atoms with E-state index >= 15 is 0 Å². The van der Waals surface area contributed by atoms with E-state index in [0.29, 0.717) is 31.9 Å². The fourth-order valence-corrected chi connectivity index (χ4v) is 5.30. The zero-order valence-electron chi connectivity index (χ0n) is 15.7. The molecule has 2 aromatic carbocycles. The van der Waals surface area contributed by atoms with Crippen LogP contribution in [-0.2, 0) is 10.0 Å². The monoisotopic (exact) mass is 439 g/mol. The minimum Gasteiger partial charge on any atom is -0.322 e. The van der Waals surface area contributed by atoms with Crippen molar-refractivity contribution in [3.05, 3.63) is 53.1 Å². The Labute approximate surface area is 174 Å². The summed E-state index contributed by atoms with van der Waals surface area (Å²) in [4.78, 5) is 15.7. The van der Waals surface area contributed by atoms with Crippen LogP contribution in [0.15, 0.2) is 52.3 Å². The van der Waals surface area contributed by atoms with Gasteiger partial charge in [0.05, 0.1) is 5.02 Å². The molecule has 1 heterocycles. The van der Waals surface area contributed by atoms with Crippen LogP contribution in [0.1, 0.15) is 10.4 Å². The summed E-state index contributed by atoms with van der Waals surface area (Å²) in [5, 5.41) is 2.92. The van der Waals surface area contributed by atoms with Crippen molar-refractivity contribution in [3.8, 4) is 0 Å². The Hall–Kier alpha value is -1.58. The summed E-state index contributed by atoms with van der Waals surface area (Å²) in [7, 11) is -1.81. The Morgan fingerprint density at radius 3 is 2.50 bits per heavy atom. The molecule has 0 spiro atoms. The number of nitrogens with zero attached hydrogens (tertiary/aromatic N) is 2. The maximum atomic E-state index is 13.0. The molecule has 1 fully saturated rings. The van der Waals surface area contributed by atoms with Crippen molar-refractivity contribution >= 4 is 45.0 Å². The van der Waals surface area contributed by atoms with E-state index in [1.807, 2.05) is 31.5 Å². The highest BCUT2D eigenvalue weighted by molar-refractivity contribution is 7.98.